The fourth-order valence-electron chi connectivity index (χ4n) is 5.75. The largest absolute Gasteiger partial charge is 0.507 e. The van der Waals surface area contributed by atoms with Crippen LogP contribution in [0, 0.1) is 0 Å². The molecule has 14 nitrogen and oxygen atoms in total. The van der Waals surface area contributed by atoms with E-state index in [2.05, 4.69) is 35.6 Å². The van der Waals surface area contributed by atoms with E-state index in [0.29, 0.717) is 36.2 Å². The molecular weight excluding hydrogens is 809 g/mol. The minimum atomic E-state index is -0.593. The number of carbonyl (C=O) groups is 6. The van der Waals surface area contributed by atoms with Gasteiger partial charge in [0, 0.05) is 35.9 Å². The number of phenols is 2. The van der Waals surface area contributed by atoms with Crippen molar-refractivity contribution in [2.24, 2.45) is 0 Å². The molecule has 0 spiro atoms. The highest BCUT2D eigenvalue weighted by Gasteiger charge is 2.15. The molecule has 60 heavy (non-hydrogen) atoms. The van der Waals surface area contributed by atoms with Crippen LogP contribution in [0.2, 0.25) is 0 Å². The van der Waals surface area contributed by atoms with Crippen molar-refractivity contribution in [3.05, 3.63) is 58.7 Å². The van der Waals surface area contributed by atoms with Crippen LogP contribution in [0.1, 0.15) is 148 Å². The molecule has 0 aliphatic heterocycles. The Bertz CT molecular complexity index is 1510. The lowest BCUT2D eigenvalue weighted by Gasteiger charge is -2.10. The highest BCUT2D eigenvalue weighted by molar-refractivity contribution is 7.99. The van der Waals surface area contributed by atoms with E-state index < -0.39 is 11.8 Å². The third-order valence-corrected chi connectivity index (χ3v) is 11.3. The first-order valence-corrected chi connectivity index (χ1v) is 23.6. The van der Waals surface area contributed by atoms with E-state index in [4.69, 9.17) is 9.47 Å². The molecule has 2 aromatic rings. The van der Waals surface area contributed by atoms with E-state index >= 15 is 0 Å². The topological polar surface area (TPSA) is 209 Å². The van der Waals surface area contributed by atoms with Crippen molar-refractivity contribution >= 4 is 59.1 Å². The minimum Gasteiger partial charge on any atom is -0.507 e. The minimum absolute atomic E-state index is 0.0900. The summed E-state index contributed by atoms with van der Waals surface area (Å²) in [6.45, 7) is 4.95. The molecule has 0 radical (unpaired) electrons. The summed E-state index contributed by atoms with van der Waals surface area (Å²) >= 11 is 2.91. The molecule has 0 aromatic heterocycles. The van der Waals surface area contributed by atoms with Crippen LogP contribution in [0.25, 0.3) is 0 Å². The molecule has 2 rings (SSSR count). The summed E-state index contributed by atoms with van der Waals surface area (Å²) in [6, 6.07) is 9.82. The number of thioether (sulfide) groups is 2. The number of aryl methyl sites for hydroxylation is 2. The van der Waals surface area contributed by atoms with Gasteiger partial charge in [-0.15, -0.1) is 0 Å². The molecular formula is C44H66N4O10S2. The lowest BCUT2D eigenvalue weighted by molar-refractivity contribution is -0.144. The molecule has 0 saturated heterocycles. The third kappa shape index (κ3) is 24.0. The van der Waals surface area contributed by atoms with Crippen molar-refractivity contribution < 1.29 is 48.5 Å². The van der Waals surface area contributed by atoms with E-state index in [1.54, 1.807) is 36.4 Å². The lowest BCUT2D eigenvalue weighted by atomic mass is 10.1. The quantitative estimate of drug-likeness (QED) is 0.0252. The van der Waals surface area contributed by atoms with Gasteiger partial charge in [-0.05, 0) is 73.9 Å². The van der Waals surface area contributed by atoms with E-state index in [-0.39, 0.29) is 72.1 Å². The number of amides is 4. The Balaban J connectivity index is 1.33. The van der Waals surface area contributed by atoms with Gasteiger partial charge in [0.15, 0.2) is 0 Å². The van der Waals surface area contributed by atoms with Crippen LogP contribution in [-0.2, 0) is 41.5 Å². The highest BCUT2D eigenvalue weighted by Crippen LogP contribution is 2.21. The molecule has 0 bridgehead atoms. The Morgan fingerprint density at radius 2 is 0.867 bits per heavy atom. The second kappa shape index (κ2) is 32.3. The molecule has 334 valence electrons. The van der Waals surface area contributed by atoms with Gasteiger partial charge in [-0.3, -0.25) is 50.5 Å². The summed E-state index contributed by atoms with van der Waals surface area (Å²) in [7, 11) is 0. The Kier molecular flexibility index (Phi) is 27.9. The summed E-state index contributed by atoms with van der Waals surface area (Å²) in [5.41, 5.74) is 11.4. The maximum Gasteiger partial charge on any atom is 0.306 e. The molecule has 2 aromatic carbocycles. The molecule has 0 aliphatic carbocycles. The van der Waals surface area contributed by atoms with Crippen molar-refractivity contribution in [2.75, 3.05) is 36.2 Å². The number of ether oxygens (including phenoxy) is 2. The predicted molar refractivity (Wildman–Crippen MR) is 237 cm³/mol. The summed E-state index contributed by atoms with van der Waals surface area (Å²) in [6.07, 6.45) is 14.4. The zero-order chi connectivity index (χ0) is 43.8. The second-order valence-corrected chi connectivity index (χ2v) is 16.9. The van der Waals surface area contributed by atoms with Gasteiger partial charge in [-0.25, -0.2) is 0 Å². The van der Waals surface area contributed by atoms with Gasteiger partial charge in [0.05, 0.1) is 37.2 Å². The average molecular weight is 875 g/mol. The Labute approximate surface area is 363 Å². The van der Waals surface area contributed by atoms with Gasteiger partial charge in [-0.1, -0.05) is 77.3 Å². The van der Waals surface area contributed by atoms with Crippen LogP contribution >= 0.6 is 23.5 Å². The van der Waals surface area contributed by atoms with Crippen LogP contribution in [0.3, 0.4) is 0 Å². The maximum atomic E-state index is 12.3. The van der Waals surface area contributed by atoms with E-state index in [9.17, 15) is 39.0 Å². The summed E-state index contributed by atoms with van der Waals surface area (Å²) in [4.78, 5) is 72.8. The van der Waals surface area contributed by atoms with E-state index in [1.807, 2.05) is 0 Å². The Morgan fingerprint density at radius 3 is 1.23 bits per heavy atom. The number of hydrazine groups is 2. The standard InChI is InChI=1S/C44H66N4O10S2/c1-3-5-15-33-17-19-35(37(49)31-33)43(55)47-45-39(51)21-27-59-29-23-41(53)57-25-13-11-9-7-8-10-12-14-26-58-42(54)24-30-60-28-22-40(52)46-48-44(56)36-20-18-34(16-6-4-2)32-38(36)50/h17-20,31-32,49-50H,3-16,21-30H2,1-2H3,(H,45,51)(H,46,52)(H,47,55)(H,48,56). The van der Waals surface area contributed by atoms with Crippen LogP contribution in [0.5, 0.6) is 11.5 Å². The molecule has 0 unspecified atom stereocenters. The Hall–Kier alpha value is -4.44. The zero-order valence-electron chi connectivity index (χ0n) is 35.4. The molecule has 0 saturated carbocycles. The average Bonchev–Trinajstić information content (AvgIpc) is 3.23. The molecule has 16 heteroatoms. The van der Waals surface area contributed by atoms with Gasteiger partial charge < -0.3 is 19.7 Å². The number of unbranched alkanes of at least 4 members (excludes halogenated alkanes) is 9. The number of nitrogens with one attached hydrogen (secondary N) is 4. The number of esters is 2. The molecule has 0 atom stereocenters. The van der Waals surface area contributed by atoms with Crippen molar-refractivity contribution in [2.45, 2.75) is 129 Å². The van der Waals surface area contributed by atoms with Crippen molar-refractivity contribution in [3.63, 3.8) is 0 Å². The fourth-order valence-corrected chi connectivity index (χ4v) is 7.44. The van der Waals surface area contributed by atoms with Crippen LogP contribution in [0.4, 0.5) is 0 Å². The van der Waals surface area contributed by atoms with E-state index in [1.165, 1.54) is 23.5 Å². The summed E-state index contributed by atoms with van der Waals surface area (Å²) in [5, 5.41) is 20.3. The normalized spacial score (nSPS) is 10.8. The number of benzene rings is 2. The SMILES string of the molecule is CCCCc1ccc(C(=O)NNC(=O)CCSCCC(=O)OCCCCCCCCCCOC(=O)CCSCCC(=O)NNC(=O)c2ccc(CCCC)cc2O)c(O)c1. The zero-order valence-corrected chi connectivity index (χ0v) is 37.0. The maximum absolute atomic E-state index is 12.3. The number of hydrogen-bond acceptors (Lipinski definition) is 12. The van der Waals surface area contributed by atoms with Gasteiger partial charge in [0.1, 0.15) is 11.5 Å². The van der Waals surface area contributed by atoms with Crippen LogP contribution < -0.4 is 21.7 Å². The van der Waals surface area contributed by atoms with Gasteiger partial charge in [0.2, 0.25) is 11.8 Å². The van der Waals surface area contributed by atoms with E-state index in [0.717, 1.165) is 101 Å². The van der Waals surface area contributed by atoms with Crippen LogP contribution in [-0.4, -0.2) is 82.0 Å². The summed E-state index contributed by atoms with van der Waals surface area (Å²) < 4.78 is 10.6. The van der Waals surface area contributed by atoms with Crippen molar-refractivity contribution in [1.82, 2.24) is 21.7 Å². The molecule has 0 aliphatic rings. The lowest BCUT2D eigenvalue weighted by Crippen LogP contribution is -2.41. The molecule has 0 heterocycles. The van der Waals surface area contributed by atoms with Gasteiger partial charge >= 0.3 is 11.9 Å². The number of aromatic hydroxyl groups is 2. The first-order chi connectivity index (χ1) is 29.0. The first-order valence-electron chi connectivity index (χ1n) is 21.3. The fraction of sp³-hybridized carbons (Fsp3) is 0.591. The van der Waals surface area contributed by atoms with Crippen molar-refractivity contribution in [1.29, 1.82) is 0 Å². The monoisotopic (exact) mass is 874 g/mol. The number of phenolic OH excluding ortho intramolecular Hbond substituents is 2. The highest BCUT2D eigenvalue weighted by atomic mass is 32.2. The molecule has 6 N–H and O–H groups in total. The van der Waals surface area contributed by atoms with Crippen molar-refractivity contribution in [3.8, 4) is 11.5 Å². The third-order valence-electron chi connectivity index (χ3n) is 9.30. The number of hydrogen-bond donors (Lipinski definition) is 6. The Morgan fingerprint density at radius 1 is 0.500 bits per heavy atom. The molecule has 4 amide bonds. The van der Waals surface area contributed by atoms with Gasteiger partial charge in [0.25, 0.3) is 11.8 Å². The number of rotatable bonds is 31. The summed E-state index contributed by atoms with van der Waals surface area (Å²) in [5.74, 6) is -0.655. The molecule has 0 fully saturated rings. The van der Waals surface area contributed by atoms with Gasteiger partial charge in [-0.2, -0.15) is 23.5 Å². The van der Waals surface area contributed by atoms with Crippen LogP contribution in [0.15, 0.2) is 36.4 Å². The smallest absolute Gasteiger partial charge is 0.306 e. The second-order valence-electron chi connectivity index (χ2n) is 14.4. The number of carbonyl (C=O) groups excluding carboxylic acids is 6. The predicted octanol–water partition coefficient (Wildman–Crippen LogP) is 7.24. The first kappa shape index (κ1) is 51.7.